The Balaban J connectivity index is 1.68. The fourth-order valence-corrected chi connectivity index (χ4v) is 3.42. The van der Waals surface area contributed by atoms with Crippen molar-refractivity contribution in [2.24, 2.45) is 7.05 Å². The average Bonchev–Trinajstić information content (AvgIpc) is 3.50. The van der Waals surface area contributed by atoms with Gasteiger partial charge in [-0.15, -0.1) is 0 Å². The van der Waals surface area contributed by atoms with Gasteiger partial charge in [0.25, 0.3) is 0 Å². The smallest absolute Gasteiger partial charge is 0.322 e. The summed E-state index contributed by atoms with van der Waals surface area (Å²) in [4.78, 5) is 29.5. The van der Waals surface area contributed by atoms with Crippen LogP contribution in [0.1, 0.15) is 31.0 Å². The Morgan fingerprint density at radius 1 is 1.23 bits per heavy atom. The van der Waals surface area contributed by atoms with E-state index < -0.39 is 0 Å². The molecule has 162 valence electrons. The number of carbonyl (C=O) groups excluding carboxylic acids is 2. The molecule has 0 unspecified atom stereocenters. The van der Waals surface area contributed by atoms with Gasteiger partial charge in [0.2, 0.25) is 5.91 Å². The number of anilines is 1. The van der Waals surface area contributed by atoms with Crippen LogP contribution in [0.3, 0.4) is 0 Å². The second-order valence-corrected chi connectivity index (χ2v) is 7.76. The zero-order chi connectivity index (χ0) is 21.5. The zero-order valence-corrected chi connectivity index (χ0v) is 18.1. The van der Waals surface area contributed by atoms with Gasteiger partial charge in [-0.05, 0) is 49.1 Å². The number of urea groups is 1. The largest absolute Gasteiger partial charge is 0.383 e. The quantitative estimate of drug-likeness (QED) is 0.651. The molecule has 1 aromatic carbocycles. The molecule has 1 saturated carbocycles. The van der Waals surface area contributed by atoms with Crippen molar-refractivity contribution in [3.8, 4) is 0 Å². The fourth-order valence-electron chi connectivity index (χ4n) is 3.42. The molecule has 0 atom stereocenters. The Kier molecular flexibility index (Phi) is 7.52. The van der Waals surface area contributed by atoms with Crippen molar-refractivity contribution in [2.75, 3.05) is 32.1 Å². The van der Waals surface area contributed by atoms with Crippen molar-refractivity contribution >= 4 is 17.6 Å². The molecule has 0 spiro atoms. The van der Waals surface area contributed by atoms with Crippen LogP contribution in [0.2, 0.25) is 0 Å². The molecule has 1 heterocycles. The molecule has 2 aromatic rings. The fraction of sp³-hybridized carbons (Fsp3) is 0.478. The number of hydrogen-bond donors (Lipinski definition) is 1. The minimum absolute atomic E-state index is 0.0313. The van der Waals surface area contributed by atoms with Gasteiger partial charge < -0.3 is 24.4 Å². The molecule has 1 fully saturated rings. The maximum absolute atomic E-state index is 13.1. The van der Waals surface area contributed by atoms with E-state index >= 15 is 0 Å². The second kappa shape index (κ2) is 10.3. The molecule has 7 nitrogen and oxygen atoms in total. The van der Waals surface area contributed by atoms with Gasteiger partial charge in [-0.3, -0.25) is 4.79 Å². The maximum atomic E-state index is 13.1. The zero-order valence-electron chi connectivity index (χ0n) is 18.1. The van der Waals surface area contributed by atoms with Gasteiger partial charge in [0.1, 0.15) is 6.54 Å². The van der Waals surface area contributed by atoms with Crippen molar-refractivity contribution in [1.82, 2.24) is 14.4 Å². The van der Waals surface area contributed by atoms with E-state index in [-0.39, 0.29) is 24.5 Å². The van der Waals surface area contributed by atoms with Gasteiger partial charge in [-0.25, -0.2) is 4.79 Å². The summed E-state index contributed by atoms with van der Waals surface area (Å²) in [6, 6.07) is 11.8. The Bertz CT molecular complexity index is 860. The van der Waals surface area contributed by atoms with Crippen LogP contribution in [-0.4, -0.2) is 59.2 Å². The molecule has 3 amide bonds. The molecule has 3 rings (SSSR count). The van der Waals surface area contributed by atoms with Gasteiger partial charge in [0.15, 0.2) is 0 Å². The topological polar surface area (TPSA) is 66.8 Å². The number of hydrogen-bond acceptors (Lipinski definition) is 3. The third-order valence-corrected chi connectivity index (χ3v) is 5.46. The number of rotatable bonds is 10. The first-order valence-electron chi connectivity index (χ1n) is 10.5. The molecular weight excluding hydrogens is 380 g/mol. The van der Waals surface area contributed by atoms with Gasteiger partial charge >= 0.3 is 6.03 Å². The Morgan fingerprint density at radius 2 is 2.03 bits per heavy atom. The number of amides is 3. The van der Waals surface area contributed by atoms with Crippen molar-refractivity contribution in [1.29, 1.82) is 0 Å². The SMILES string of the molecule is CCc1cccc(NC(=O)N(CCOC)CC(=O)N(Cc2cccn2C)C2CC2)c1. The Morgan fingerprint density at radius 3 is 2.67 bits per heavy atom. The van der Waals surface area contributed by atoms with Gasteiger partial charge in [-0.1, -0.05) is 19.1 Å². The average molecular weight is 413 g/mol. The van der Waals surface area contributed by atoms with E-state index in [2.05, 4.69) is 12.2 Å². The van der Waals surface area contributed by atoms with E-state index in [9.17, 15) is 9.59 Å². The highest BCUT2D eigenvalue weighted by molar-refractivity contribution is 5.92. The Labute approximate surface area is 178 Å². The third-order valence-electron chi connectivity index (χ3n) is 5.46. The highest BCUT2D eigenvalue weighted by Gasteiger charge is 2.34. The number of methoxy groups -OCH3 is 1. The molecule has 0 aliphatic heterocycles. The normalized spacial score (nSPS) is 13.2. The summed E-state index contributed by atoms with van der Waals surface area (Å²) < 4.78 is 7.19. The molecule has 1 aliphatic carbocycles. The molecule has 0 bridgehead atoms. The van der Waals surface area contributed by atoms with E-state index in [4.69, 9.17) is 4.74 Å². The molecule has 30 heavy (non-hydrogen) atoms. The van der Waals surface area contributed by atoms with Crippen LogP contribution in [0, 0.1) is 0 Å². The van der Waals surface area contributed by atoms with Crippen molar-refractivity contribution in [2.45, 2.75) is 38.8 Å². The predicted molar refractivity (Wildman–Crippen MR) is 117 cm³/mol. The summed E-state index contributed by atoms with van der Waals surface area (Å²) in [5, 5.41) is 2.93. The van der Waals surface area contributed by atoms with Crippen molar-refractivity contribution < 1.29 is 14.3 Å². The summed E-state index contributed by atoms with van der Waals surface area (Å²) in [5.41, 5.74) is 2.96. The minimum Gasteiger partial charge on any atom is -0.383 e. The first-order valence-corrected chi connectivity index (χ1v) is 10.5. The number of ether oxygens (including phenoxy) is 1. The number of aryl methyl sites for hydroxylation is 2. The van der Waals surface area contributed by atoms with E-state index in [1.807, 2.05) is 59.1 Å². The van der Waals surface area contributed by atoms with Crippen LogP contribution in [0.15, 0.2) is 42.6 Å². The van der Waals surface area contributed by atoms with Crippen LogP contribution >= 0.6 is 0 Å². The van der Waals surface area contributed by atoms with Crippen LogP contribution < -0.4 is 5.32 Å². The predicted octanol–water partition coefficient (Wildman–Crippen LogP) is 3.26. The van der Waals surface area contributed by atoms with Crippen LogP contribution in [0.25, 0.3) is 0 Å². The molecule has 7 heteroatoms. The van der Waals surface area contributed by atoms with Gasteiger partial charge in [-0.2, -0.15) is 0 Å². The summed E-state index contributed by atoms with van der Waals surface area (Å²) >= 11 is 0. The minimum atomic E-state index is -0.289. The van der Waals surface area contributed by atoms with Crippen LogP contribution in [0.4, 0.5) is 10.5 Å². The summed E-state index contributed by atoms with van der Waals surface area (Å²) in [6.07, 6.45) is 4.91. The highest BCUT2D eigenvalue weighted by Crippen LogP contribution is 2.28. The number of benzene rings is 1. The number of carbonyl (C=O) groups is 2. The first-order chi connectivity index (χ1) is 14.5. The van der Waals surface area contributed by atoms with Crippen molar-refractivity contribution in [3.05, 3.63) is 53.9 Å². The van der Waals surface area contributed by atoms with E-state index in [1.165, 1.54) is 4.90 Å². The monoisotopic (exact) mass is 412 g/mol. The lowest BCUT2D eigenvalue weighted by Crippen LogP contribution is -2.46. The highest BCUT2D eigenvalue weighted by atomic mass is 16.5. The maximum Gasteiger partial charge on any atom is 0.322 e. The standard InChI is InChI=1S/C23H32N4O3/c1-4-18-7-5-8-19(15-18)24-23(29)26(13-14-30-3)17-22(28)27(20-10-11-20)16-21-9-6-12-25(21)2/h5-9,12,15,20H,4,10-11,13-14,16-17H2,1-3H3,(H,24,29). The summed E-state index contributed by atoms with van der Waals surface area (Å²) in [5.74, 6) is -0.0349. The van der Waals surface area contributed by atoms with Crippen LogP contribution in [-0.2, 0) is 29.5 Å². The Hall–Kier alpha value is -2.80. The van der Waals surface area contributed by atoms with E-state index in [0.717, 1.165) is 36.2 Å². The van der Waals surface area contributed by atoms with E-state index in [1.54, 1.807) is 7.11 Å². The molecule has 0 radical (unpaired) electrons. The lowest BCUT2D eigenvalue weighted by molar-refractivity contribution is -0.133. The van der Waals surface area contributed by atoms with Gasteiger partial charge in [0, 0.05) is 44.3 Å². The molecule has 1 aromatic heterocycles. The summed E-state index contributed by atoms with van der Waals surface area (Å²) in [6.45, 7) is 3.39. The van der Waals surface area contributed by atoms with Crippen LogP contribution in [0.5, 0.6) is 0 Å². The number of nitrogens with one attached hydrogen (secondary N) is 1. The van der Waals surface area contributed by atoms with E-state index in [0.29, 0.717) is 19.7 Å². The first kappa shape index (κ1) is 21.9. The molecule has 1 aliphatic rings. The second-order valence-electron chi connectivity index (χ2n) is 7.76. The third kappa shape index (κ3) is 5.86. The number of nitrogens with zero attached hydrogens (tertiary/aromatic N) is 3. The lowest BCUT2D eigenvalue weighted by Gasteiger charge is -2.28. The summed E-state index contributed by atoms with van der Waals surface area (Å²) in [7, 11) is 3.57. The molecular formula is C23H32N4O3. The molecule has 0 saturated heterocycles. The lowest BCUT2D eigenvalue weighted by atomic mass is 10.1. The van der Waals surface area contributed by atoms with Gasteiger partial charge in [0.05, 0.1) is 13.2 Å². The van der Waals surface area contributed by atoms with Crippen molar-refractivity contribution in [3.63, 3.8) is 0 Å². The number of aromatic nitrogens is 1. The molecule has 1 N–H and O–H groups in total.